The van der Waals surface area contributed by atoms with Gasteiger partial charge in [0.2, 0.25) is 0 Å². The molecule has 2 N–H and O–H groups in total. The van der Waals surface area contributed by atoms with Gasteiger partial charge in [0.1, 0.15) is 6.04 Å². The van der Waals surface area contributed by atoms with Crippen molar-refractivity contribution in [3.05, 3.63) is 0 Å². The molecule has 2 amide bonds. The van der Waals surface area contributed by atoms with Crippen LogP contribution in [0.15, 0.2) is 0 Å². The average molecular weight is 246 g/mol. The number of rotatable bonds is 8. The SMILES string of the molecule is CCCC[C@H](NC(=O)N(C)CCOC)C(=O)O. The minimum absolute atomic E-state index is 0.384. The van der Waals surface area contributed by atoms with Crippen molar-refractivity contribution >= 4 is 12.0 Å². The van der Waals surface area contributed by atoms with Crippen LogP contribution in [0, 0.1) is 0 Å². The first kappa shape index (κ1) is 15.7. The van der Waals surface area contributed by atoms with Crippen molar-refractivity contribution in [1.82, 2.24) is 10.2 Å². The average Bonchev–Trinajstić information content (AvgIpc) is 2.30. The summed E-state index contributed by atoms with van der Waals surface area (Å²) in [6, 6.07) is -1.20. The second-order valence-electron chi connectivity index (χ2n) is 3.90. The number of hydrogen-bond donors (Lipinski definition) is 2. The summed E-state index contributed by atoms with van der Waals surface area (Å²) in [5, 5.41) is 11.4. The van der Waals surface area contributed by atoms with E-state index in [0.29, 0.717) is 19.6 Å². The zero-order valence-electron chi connectivity index (χ0n) is 10.7. The number of nitrogens with zero attached hydrogens (tertiary/aromatic N) is 1. The van der Waals surface area contributed by atoms with Crippen molar-refractivity contribution < 1.29 is 19.4 Å². The van der Waals surface area contributed by atoms with E-state index in [4.69, 9.17) is 9.84 Å². The van der Waals surface area contributed by atoms with E-state index in [1.54, 1.807) is 14.2 Å². The lowest BCUT2D eigenvalue weighted by molar-refractivity contribution is -0.139. The van der Waals surface area contributed by atoms with Gasteiger partial charge in [0, 0.05) is 20.7 Å². The number of carboxylic acid groups (broad SMARTS) is 1. The van der Waals surface area contributed by atoms with Crippen LogP contribution in [0.25, 0.3) is 0 Å². The molecule has 6 heteroatoms. The topological polar surface area (TPSA) is 78.9 Å². The van der Waals surface area contributed by atoms with Gasteiger partial charge in [-0.2, -0.15) is 0 Å². The molecule has 0 aliphatic carbocycles. The molecule has 0 fully saturated rings. The van der Waals surface area contributed by atoms with Crippen molar-refractivity contribution in [2.75, 3.05) is 27.3 Å². The van der Waals surface area contributed by atoms with Crippen molar-refractivity contribution in [2.45, 2.75) is 32.2 Å². The van der Waals surface area contributed by atoms with Crippen LogP contribution in [0.5, 0.6) is 0 Å². The van der Waals surface area contributed by atoms with E-state index in [-0.39, 0.29) is 6.03 Å². The second kappa shape index (κ2) is 8.81. The molecular formula is C11H22N2O4. The third-order valence-corrected chi connectivity index (χ3v) is 2.42. The van der Waals surface area contributed by atoms with E-state index in [9.17, 15) is 9.59 Å². The van der Waals surface area contributed by atoms with Crippen LogP contribution in [-0.4, -0.2) is 55.4 Å². The van der Waals surface area contributed by atoms with E-state index in [2.05, 4.69) is 5.32 Å². The van der Waals surface area contributed by atoms with Gasteiger partial charge in [-0.1, -0.05) is 19.8 Å². The number of carbonyl (C=O) groups excluding carboxylic acids is 1. The standard InChI is InChI=1S/C11H22N2O4/c1-4-5-6-9(10(14)15)12-11(16)13(2)7-8-17-3/h9H,4-8H2,1-3H3,(H,12,16)(H,14,15)/t9-/m0/s1. The number of hydrogen-bond acceptors (Lipinski definition) is 3. The number of ether oxygens (including phenoxy) is 1. The van der Waals surface area contributed by atoms with Crippen molar-refractivity contribution in [3.8, 4) is 0 Å². The van der Waals surface area contributed by atoms with Crippen LogP contribution in [0.2, 0.25) is 0 Å². The zero-order chi connectivity index (χ0) is 13.3. The number of unbranched alkanes of at least 4 members (excludes halogenated alkanes) is 1. The molecule has 0 aliphatic heterocycles. The highest BCUT2D eigenvalue weighted by Gasteiger charge is 2.20. The summed E-state index contributed by atoms with van der Waals surface area (Å²) in [6.07, 6.45) is 2.13. The summed E-state index contributed by atoms with van der Waals surface area (Å²) >= 11 is 0. The molecular weight excluding hydrogens is 224 g/mol. The third-order valence-electron chi connectivity index (χ3n) is 2.42. The van der Waals surface area contributed by atoms with Gasteiger partial charge in [-0.15, -0.1) is 0 Å². The molecule has 0 saturated carbocycles. The fourth-order valence-electron chi connectivity index (χ4n) is 1.25. The van der Waals surface area contributed by atoms with Crippen LogP contribution in [0.4, 0.5) is 4.79 Å². The van der Waals surface area contributed by atoms with Crippen LogP contribution >= 0.6 is 0 Å². The maximum absolute atomic E-state index is 11.6. The van der Waals surface area contributed by atoms with E-state index < -0.39 is 12.0 Å². The van der Waals surface area contributed by atoms with Gasteiger partial charge in [0.25, 0.3) is 0 Å². The summed E-state index contributed by atoms with van der Waals surface area (Å²) < 4.78 is 4.84. The van der Waals surface area contributed by atoms with Crippen molar-refractivity contribution in [2.24, 2.45) is 0 Å². The van der Waals surface area contributed by atoms with Gasteiger partial charge < -0.3 is 20.1 Å². The van der Waals surface area contributed by atoms with Crippen LogP contribution in [-0.2, 0) is 9.53 Å². The number of methoxy groups -OCH3 is 1. The maximum atomic E-state index is 11.6. The highest BCUT2D eigenvalue weighted by atomic mass is 16.5. The normalized spacial score (nSPS) is 11.9. The van der Waals surface area contributed by atoms with Crippen molar-refractivity contribution in [3.63, 3.8) is 0 Å². The summed E-state index contributed by atoms with van der Waals surface area (Å²) in [4.78, 5) is 24.0. The molecule has 1 atom stereocenters. The first-order valence-corrected chi connectivity index (χ1v) is 5.76. The van der Waals surface area contributed by atoms with Gasteiger partial charge in [0.15, 0.2) is 0 Å². The Kier molecular flexibility index (Phi) is 8.13. The van der Waals surface area contributed by atoms with Gasteiger partial charge in [-0.3, -0.25) is 0 Å². The van der Waals surface area contributed by atoms with Crippen LogP contribution in [0.3, 0.4) is 0 Å². The number of aliphatic carboxylic acids is 1. The first-order chi connectivity index (χ1) is 8.02. The Morgan fingerprint density at radius 2 is 2.12 bits per heavy atom. The lowest BCUT2D eigenvalue weighted by atomic mass is 10.1. The lowest BCUT2D eigenvalue weighted by Crippen LogP contribution is -2.47. The third kappa shape index (κ3) is 6.78. The predicted octanol–water partition coefficient (Wildman–Crippen LogP) is 0.918. The Balaban J connectivity index is 4.15. The number of nitrogens with one attached hydrogen (secondary N) is 1. The fraction of sp³-hybridized carbons (Fsp3) is 0.818. The minimum atomic E-state index is -0.994. The van der Waals surface area contributed by atoms with Gasteiger partial charge >= 0.3 is 12.0 Å². The smallest absolute Gasteiger partial charge is 0.326 e. The highest BCUT2D eigenvalue weighted by Crippen LogP contribution is 2.01. The quantitative estimate of drug-likeness (QED) is 0.667. The van der Waals surface area contributed by atoms with Crippen molar-refractivity contribution in [1.29, 1.82) is 0 Å². The Hall–Kier alpha value is -1.30. The first-order valence-electron chi connectivity index (χ1n) is 5.76. The molecule has 0 rings (SSSR count). The maximum Gasteiger partial charge on any atom is 0.326 e. The Morgan fingerprint density at radius 1 is 1.47 bits per heavy atom. The fourth-order valence-corrected chi connectivity index (χ4v) is 1.25. The highest BCUT2D eigenvalue weighted by molar-refractivity contribution is 5.82. The number of amides is 2. The molecule has 0 heterocycles. The largest absolute Gasteiger partial charge is 0.480 e. The summed E-state index contributed by atoms with van der Waals surface area (Å²) in [5.74, 6) is -0.994. The molecule has 0 bridgehead atoms. The van der Waals surface area contributed by atoms with E-state index in [1.165, 1.54) is 4.90 Å². The van der Waals surface area contributed by atoms with Crippen LogP contribution < -0.4 is 5.32 Å². The lowest BCUT2D eigenvalue weighted by Gasteiger charge is -2.21. The molecule has 17 heavy (non-hydrogen) atoms. The molecule has 0 aromatic carbocycles. The number of carbonyl (C=O) groups is 2. The molecule has 0 aromatic rings. The van der Waals surface area contributed by atoms with Gasteiger partial charge in [-0.05, 0) is 6.42 Å². The van der Waals surface area contributed by atoms with Gasteiger partial charge in [-0.25, -0.2) is 9.59 Å². The minimum Gasteiger partial charge on any atom is -0.480 e. The van der Waals surface area contributed by atoms with E-state index in [0.717, 1.165) is 12.8 Å². The molecule has 6 nitrogen and oxygen atoms in total. The van der Waals surface area contributed by atoms with Gasteiger partial charge in [0.05, 0.1) is 6.61 Å². The number of likely N-dealkylation sites (N-methyl/N-ethyl adjacent to an activating group) is 1. The molecule has 0 aliphatic rings. The molecule has 0 aromatic heterocycles. The molecule has 0 unspecified atom stereocenters. The predicted molar refractivity (Wildman–Crippen MR) is 64.0 cm³/mol. The molecule has 0 spiro atoms. The zero-order valence-corrected chi connectivity index (χ0v) is 10.7. The molecule has 0 radical (unpaired) electrons. The molecule has 0 saturated heterocycles. The summed E-state index contributed by atoms with van der Waals surface area (Å²) in [7, 11) is 3.15. The summed E-state index contributed by atoms with van der Waals surface area (Å²) in [5.41, 5.74) is 0. The monoisotopic (exact) mass is 246 g/mol. The molecule has 100 valence electrons. The van der Waals surface area contributed by atoms with E-state index >= 15 is 0 Å². The Bertz CT molecular complexity index is 246. The Labute approximate surface area is 102 Å². The Morgan fingerprint density at radius 3 is 2.59 bits per heavy atom. The van der Waals surface area contributed by atoms with E-state index in [1.807, 2.05) is 6.92 Å². The number of carboxylic acids is 1. The second-order valence-corrected chi connectivity index (χ2v) is 3.90. The summed E-state index contributed by atoms with van der Waals surface area (Å²) in [6.45, 7) is 2.84. The number of urea groups is 1. The van der Waals surface area contributed by atoms with Crippen LogP contribution in [0.1, 0.15) is 26.2 Å².